The Kier molecular flexibility index (Phi) is 2.14. The highest BCUT2D eigenvalue weighted by Crippen LogP contribution is 2.11. The molecule has 0 aliphatic carbocycles. The predicted molar refractivity (Wildman–Crippen MR) is 37.6 cm³/mol. The molecule has 0 amide bonds. The SMILES string of the molecule is N#Cc1ccc(OCl)cc1. The van der Waals surface area contributed by atoms with Crippen LogP contribution in [-0.4, -0.2) is 0 Å². The van der Waals surface area contributed by atoms with Crippen molar-refractivity contribution in [2.45, 2.75) is 0 Å². The zero-order chi connectivity index (χ0) is 7.40. The molecule has 50 valence electrons. The smallest absolute Gasteiger partial charge is 0.146 e. The highest BCUT2D eigenvalue weighted by molar-refractivity contribution is 6.09. The van der Waals surface area contributed by atoms with E-state index in [-0.39, 0.29) is 0 Å². The first-order valence-electron chi connectivity index (χ1n) is 2.65. The first kappa shape index (κ1) is 6.91. The molecular formula is C7H4ClNO. The van der Waals surface area contributed by atoms with Gasteiger partial charge in [0.15, 0.2) is 0 Å². The molecule has 0 aliphatic heterocycles. The number of rotatable bonds is 1. The molecule has 1 rings (SSSR count). The summed E-state index contributed by atoms with van der Waals surface area (Å²) < 4.78 is 4.38. The molecule has 0 heterocycles. The van der Waals surface area contributed by atoms with Gasteiger partial charge in [-0.25, -0.2) is 0 Å². The maximum atomic E-state index is 8.38. The summed E-state index contributed by atoms with van der Waals surface area (Å²) in [6, 6.07) is 8.51. The van der Waals surface area contributed by atoms with Crippen molar-refractivity contribution in [3.63, 3.8) is 0 Å². The number of hydrogen-bond acceptors (Lipinski definition) is 2. The molecule has 0 saturated heterocycles. The summed E-state index contributed by atoms with van der Waals surface area (Å²) in [6.07, 6.45) is 0. The average molecular weight is 154 g/mol. The van der Waals surface area contributed by atoms with Gasteiger partial charge in [0.25, 0.3) is 0 Å². The summed E-state index contributed by atoms with van der Waals surface area (Å²) in [5.74, 6) is 0.542. The quantitative estimate of drug-likeness (QED) is 0.619. The van der Waals surface area contributed by atoms with Gasteiger partial charge in [-0.3, -0.25) is 0 Å². The lowest BCUT2D eigenvalue weighted by Crippen LogP contribution is -1.75. The Morgan fingerprint density at radius 1 is 1.30 bits per heavy atom. The van der Waals surface area contributed by atoms with Crippen LogP contribution in [0.2, 0.25) is 0 Å². The van der Waals surface area contributed by atoms with E-state index in [1.807, 2.05) is 6.07 Å². The normalized spacial score (nSPS) is 8.40. The van der Waals surface area contributed by atoms with Gasteiger partial charge in [0, 0.05) is 0 Å². The van der Waals surface area contributed by atoms with Crippen molar-refractivity contribution in [3.05, 3.63) is 29.8 Å². The van der Waals surface area contributed by atoms with Gasteiger partial charge >= 0.3 is 0 Å². The molecule has 1 aromatic carbocycles. The first-order chi connectivity index (χ1) is 4.86. The molecule has 0 saturated carbocycles. The van der Waals surface area contributed by atoms with E-state index in [9.17, 15) is 0 Å². The predicted octanol–water partition coefficient (Wildman–Crippen LogP) is 2.09. The zero-order valence-electron chi connectivity index (χ0n) is 5.04. The summed E-state index contributed by atoms with van der Waals surface area (Å²) in [5, 5.41) is 8.38. The van der Waals surface area contributed by atoms with Crippen LogP contribution in [0.1, 0.15) is 5.56 Å². The van der Waals surface area contributed by atoms with Crippen LogP contribution in [0.25, 0.3) is 0 Å². The van der Waals surface area contributed by atoms with Gasteiger partial charge in [-0.2, -0.15) is 5.26 Å². The van der Waals surface area contributed by atoms with Crippen LogP contribution >= 0.6 is 11.9 Å². The maximum absolute atomic E-state index is 8.38. The zero-order valence-corrected chi connectivity index (χ0v) is 5.80. The van der Waals surface area contributed by atoms with Crippen molar-refractivity contribution < 1.29 is 4.29 Å². The molecule has 0 radical (unpaired) electrons. The van der Waals surface area contributed by atoms with Crippen molar-refractivity contribution in [2.75, 3.05) is 0 Å². The van der Waals surface area contributed by atoms with E-state index in [4.69, 9.17) is 17.1 Å². The molecule has 1 aromatic rings. The van der Waals surface area contributed by atoms with Gasteiger partial charge in [-0.15, -0.1) is 0 Å². The van der Waals surface area contributed by atoms with Crippen LogP contribution in [0.15, 0.2) is 24.3 Å². The first-order valence-corrected chi connectivity index (χ1v) is 2.96. The molecule has 0 aliphatic rings. The van der Waals surface area contributed by atoms with Gasteiger partial charge in [-0.1, -0.05) is 0 Å². The van der Waals surface area contributed by atoms with E-state index < -0.39 is 0 Å². The minimum Gasteiger partial charge on any atom is -0.386 e. The standard InChI is InChI=1S/C7H4ClNO/c8-10-7-3-1-6(5-9)2-4-7/h1-4H. The summed E-state index contributed by atoms with van der Waals surface area (Å²) in [6.45, 7) is 0. The van der Waals surface area contributed by atoms with Crippen LogP contribution in [0, 0.1) is 11.3 Å². The second-order valence-electron chi connectivity index (χ2n) is 1.71. The molecule has 0 N–H and O–H groups in total. The Morgan fingerprint density at radius 3 is 2.30 bits per heavy atom. The van der Waals surface area contributed by atoms with Crippen molar-refractivity contribution in [1.82, 2.24) is 0 Å². The van der Waals surface area contributed by atoms with Crippen molar-refractivity contribution in [3.8, 4) is 11.8 Å². The lowest BCUT2D eigenvalue weighted by Gasteiger charge is -1.92. The molecule has 3 heteroatoms. The highest BCUT2D eigenvalue weighted by Gasteiger charge is 1.90. The minimum atomic E-state index is 0.542. The number of halogens is 1. The third kappa shape index (κ3) is 1.40. The fourth-order valence-electron chi connectivity index (χ4n) is 0.581. The lowest BCUT2D eigenvalue weighted by molar-refractivity contribution is 0.619. The molecule has 0 spiro atoms. The second-order valence-corrected chi connectivity index (χ2v) is 1.87. The van der Waals surface area contributed by atoms with E-state index in [1.165, 1.54) is 0 Å². The van der Waals surface area contributed by atoms with Crippen LogP contribution in [0.5, 0.6) is 5.75 Å². The number of hydrogen-bond donors (Lipinski definition) is 0. The minimum absolute atomic E-state index is 0.542. The Labute approximate surface area is 63.8 Å². The van der Waals surface area contributed by atoms with E-state index in [2.05, 4.69) is 4.29 Å². The summed E-state index contributed by atoms with van der Waals surface area (Å²) >= 11 is 5.04. The number of nitriles is 1. The van der Waals surface area contributed by atoms with Crippen molar-refractivity contribution in [1.29, 1.82) is 5.26 Å². The van der Waals surface area contributed by atoms with Crippen molar-refractivity contribution >= 4 is 11.9 Å². The van der Waals surface area contributed by atoms with Gasteiger partial charge in [0.05, 0.1) is 11.6 Å². The van der Waals surface area contributed by atoms with Gasteiger partial charge in [0.2, 0.25) is 0 Å². The fourth-order valence-corrected chi connectivity index (χ4v) is 0.684. The second kappa shape index (κ2) is 3.09. The van der Waals surface area contributed by atoms with E-state index >= 15 is 0 Å². The Bertz CT molecular complexity index is 249. The molecule has 0 unspecified atom stereocenters. The Hall–Kier alpha value is -1.20. The van der Waals surface area contributed by atoms with E-state index in [0.717, 1.165) is 0 Å². The van der Waals surface area contributed by atoms with Crippen molar-refractivity contribution in [2.24, 2.45) is 0 Å². The van der Waals surface area contributed by atoms with Gasteiger partial charge in [-0.05, 0) is 24.3 Å². The molecule has 2 nitrogen and oxygen atoms in total. The summed E-state index contributed by atoms with van der Waals surface area (Å²) in [5.41, 5.74) is 0.595. The Balaban J connectivity index is 2.93. The monoisotopic (exact) mass is 153 g/mol. The van der Waals surface area contributed by atoms with Gasteiger partial charge < -0.3 is 4.29 Å². The summed E-state index contributed by atoms with van der Waals surface area (Å²) in [4.78, 5) is 0. The molecule has 0 fully saturated rings. The Morgan fingerprint density at radius 2 is 1.90 bits per heavy atom. The molecule has 10 heavy (non-hydrogen) atoms. The van der Waals surface area contributed by atoms with Crippen LogP contribution < -0.4 is 4.29 Å². The van der Waals surface area contributed by atoms with Gasteiger partial charge in [0.1, 0.15) is 17.6 Å². The average Bonchev–Trinajstić information content (AvgIpc) is 2.05. The third-order valence-electron chi connectivity index (χ3n) is 1.07. The molecule has 0 bridgehead atoms. The van der Waals surface area contributed by atoms with Crippen LogP contribution in [-0.2, 0) is 0 Å². The molecule has 0 aromatic heterocycles. The number of benzene rings is 1. The fraction of sp³-hybridized carbons (Fsp3) is 0. The topological polar surface area (TPSA) is 33.0 Å². The largest absolute Gasteiger partial charge is 0.386 e. The van der Waals surface area contributed by atoms with E-state index in [0.29, 0.717) is 11.3 Å². The number of nitrogens with zero attached hydrogens (tertiary/aromatic N) is 1. The lowest BCUT2D eigenvalue weighted by atomic mass is 10.2. The van der Waals surface area contributed by atoms with Crippen LogP contribution in [0.3, 0.4) is 0 Å². The maximum Gasteiger partial charge on any atom is 0.146 e. The highest BCUT2D eigenvalue weighted by atomic mass is 35.5. The van der Waals surface area contributed by atoms with E-state index in [1.54, 1.807) is 24.3 Å². The van der Waals surface area contributed by atoms with Crippen LogP contribution in [0.4, 0.5) is 0 Å². The third-order valence-corrected chi connectivity index (χ3v) is 1.25. The molecular weight excluding hydrogens is 150 g/mol. The molecule has 0 atom stereocenters. The summed E-state index contributed by atoms with van der Waals surface area (Å²) in [7, 11) is 0.